The first-order valence-corrected chi connectivity index (χ1v) is 8.47. The molecule has 2 aliphatic heterocycles. The van der Waals surface area contributed by atoms with E-state index in [1.54, 1.807) is 11.8 Å². The number of aryl methyl sites for hydroxylation is 1. The van der Waals surface area contributed by atoms with Crippen molar-refractivity contribution in [3.8, 4) is 5.75 Å². The highest BCUT2D eigenvalue weighted by Crippen LogP contribution is 2.35. The zero-order valence-corrected chi connectivity index (χ0v) is 14.2. The van der Waals surface area contributed by atoms with Gasteiger partial charge in [-0.25, -0.2) is 4.79 Å². The van der Waals surface area contributed by atoms with E-state index in [-0.39, 0.29) is 6.03 Å². The van der Waals surface area contributed by atoms with Crippen LogP contribution in [0.15, 0.2) is 35.1 Å². The van der Waals surface area contributed by atoms with Crippen LogP contribution in [0.4, 0.5) is 10.5 Å². The normalized spacial score (nSPS) is 19.0. The van der Waals surface area contributed by atoms with Crippen LogP contribution in [0, 0.1) is 6.92 Å². The SMILES string of the molecule is Cc1nocc1NC(=O)N1Cc2ccccc2OC2(CCOCC2)C1. The molecule has 0 radical (unpaired) electrons. The molecule has 25 heavy (non-hydrogen) atoms. The zero-order valence-electron chi connectivity index (χ0n) is 14.2. The van der Waals surface area contributed by atoms with Crippen molar-refractivity contribution in [1.29, 1.82) is 0 Å². The number of carbonyl (C=O) groups is 1. The number of nitrogens with zero attached hydrogens (tertiary/aromatic N) is 2. The predicted octanol–water partition coefficient (Wildman–Crippen LogP) is 2.96. The van der Waals surface area contributed by atoms with Crippen LogP contribution in [0.5, 0.6) is 5.75 Å². The molecule has 2 aliphatic rings. The number of ether oxygens (including phenoxy) is 2. The summed E-state index contributed by atoms with van der Waals surface area (Å²) in [6.07, 6.45) is 2.97. The van der Waals surface area contributed by atoms with Gasteiger partial charge in [-0.15, -0.1) is 0 Å². The summed E-state index contributed by atoms with van der Waals surface area (Å²) in [5.74, 6) is 0.848. The van der Waals surface area contributed by atoms with Crippen molar-refractivity contribution in [2.24, 2.45) is 0 Å². The van der Waals surface area contributed by atoms with Gasteiger partial charge in [-0.3, -0.25) is 0 Å². The molecule has 2 amide bonds. The molecular formula is C18H21N3O4. The summed E-state index contributed by atoms with van der Waals surface area (Å²) in [5, 5.41) is 6.69. The summed E-state index contributed by atoms with van der Waals surface area (Å²) in [7, 11) is 0. The second-order valence-electron chi connectivity index (χ2n) is 6.61. The van der Waals surface area contributed by atoms with E-state index < -0.39 is 5.60 Å². The molecule has 2 aromatic rings. The fourth-order valence-electron chi connectivity index (χ4n) is 3.36. The Labute approximate surface area is 145 Å². The Morgan fingerprint density at radius 1 is 1.28 bits per heavy atom. The largest absolute Gasteiger partial charge is 0.485 e. The van der Waals surface area contributed by atoms with E-state index in [0.29, 0.717) is 37.7 Å². The number of amides is 2. The molecule has 1 aromatic heterocycles. The highest BCUT2D eigenvalue weighted by Gasteiger charge is 2.40. The average molecular weight is 343 g/mol. The number of aromatic nitrogens is 1. The highest BCUT2D eigenvalue weighted by atomic mass is 16.5. The Hall–Kier alpha value is -2.54. The molecule has 7 heteroatoms. The summed E-state index contributed by atoms with van der Waals surface area (Å²) in [6.45, 7) is 4.08. The smallest absolute Gasteiger partial charge is 0.322 e. The van der Waals surface area contributed by atoms with Gasteiger partial charge < -0.3 is 24.2 Å². The molecule has 4 rings (SSSR count). The third kappa shape index (κ3) is 3.19. The van der Waals surface area contributed by atoms with Gasteiger partial charge in [0.2, 0.25) is 0 Å². The molecule has 1 fully saturated rings. The van der Waals surface area contributed by atoms with Crippen molar-refractivity contribution < 1.29 is 18.8 Å². The van der Waals surface area contributed by atoms with Crippen LogP contribution in [0.3, 0.4) is 0 Å². The summed E-state index contributed by atoms with van der Waals surface area (Å²) in [5.41, 5.74) is 1.83. The second-order valence-corrected chi connectivity index (χ2v) is 6.61. The van der Waals surface area contributed by atoms with Crippen LogP contribution in [-0.2, 0) is 11.3 Å². The van der Waals surface area contributed by atoms with E-state index in [1.165, 1.54) is 6.26 Å². The maximum atomic E-state index is 12.9. The second kappa shape index (κ2) is 6.40. The van der Waals surface area contributed by atoms with Crippen LogP contribution in [-0.4, -0.2) is 41.4 Å². The van der Waals surface area contributed by atoms with Crippen LogP contribution in [0.1, 0.15) is 24.1 Å². The molecule has 0 bridgehead atoms. The first kappa shape index (κ1) is 16.0. The first-order chi connectivity index (χ1) is 12.2. The number of urea groups is 1. The van der Waals surface area contributed by atoms with Gasteiger partial charge in [0.1, 0.15) is 29.0 Å². The van der Waals surface area contributed by atoms with Crippen LogP contribution in [0.2, 0.25) is 0 Å². The molecule has 132 valence electrons. The van der Waals surface area contributed by atoms with Gasteiger partial charge >= 0.3 is 6.03 Å². The number of hydrogen-bond acceptors (Lipinski definition) is 5. The number of rotatable bonds is 1. The molecule has 0 unspecified atom stereocenters. The predicted molar refractivity (Wildman–Crippen MR) is 90.5 cm³/mol. The Morgan fingerprint density at radius 3 is 2.84 bits per heavy atom. The summed E-state index contributed by atoms with van der Waals surface area (Å²) < 4.78 is 16.8. The zero-order chi connectivity index (χ0) is 17.3. The molecule has 0 atom stereocenters. The van der Waals surface area contributed by atoms with Crippen molar-refractivity contribution >= 4 is 11.7 Å². The molecule has 1 aromatic carbocycles. The lowest BCUT2D eigenvalue weighted by Gasteiger charge is -2.38. The quantitative estimate of drug-likeness (QED) is 0.861. The average Bonchev–Trinajstić information content (AvgIpc) is 2.93. The lowest BCUT2D eigenvalue weighted by molar-refractivity contribution is -0.0529. The molecule has 0 saturated carbocycles. The van der Waals surface area contributed by atoms with Gasteiger partial charge in [0.25, 0.3) is 0 Å². The van der Waals surface area contributed by atoms with E-state index in [0.717, 1.165) is 24.2 Å². The van der Waals surface area contributed by atoms with E-state index in [9.17, 15) is 4.79 Å². The van der Waals surface area contributed by atoms with E-state index in [4.69, 9.17) is 14.0 Å². The number of anilines is 1. The minimum Gasteiger partial charge on any atom is -0.485 e. The van der Waals surface area contributed by atoms with Crippen LogP contribution in [0.25, 0.3) is 0 Å². The maximum Gasteiger partial charge on any atom is 0.322 e. The minimum absolute atomic E-state index is 0.183. The third-order valence-corrected chi connectivity index (χ3v) is 4.82. The first-order valence-electron chi connectivity index (χ1n) is 8.47. The fraction of sp³-hybridized carbons (Fsp3) is 0.444. The Morgan fingerprint density at radius 2 is 2.08 bits per heavy atom. The molecule has 3 heterocycles. The minimum atomic E-state index is -0.411. The van der Waals surface area contributed by atoms with E-state index in [2.05, 4.69) is 10.5 Å². The van der Waals surface area contributed by atoms with Crippen molar-refractivity contribution in [3.05, 3.63) is 41.8 Å². The fourth-order valence-corrected chi connectivity index (χ4v) is 3.36. The van der Waals surface area contributed by atoms with Crippen molar-refractivity contribution in [1.82, 2.24) is 10.1 Å². The van der Waals surface area contributed by atoms with Crippen LogP contribution >= 0.6 is 0 Å². The van der Waals surface area contributed by atoms with Crippen molar-refractivity contribution in [3.63, 3.8) is 0 Å². The lowest BCUT2D eigenvalue weighted by Crippen LogP contribution is -2.51. The maximum absolute atomic E-state index is 12.9. The lowest BCUT2D eigenvalue weighted by atomic mass is 9.93. The monoisotopic (exact) mass is 343 g/mol. The van der Waals surface area contributed by atoms with Gasteiger partial charge in [0.15, 0.2) is 0 Å². The molecule has 1 spiro atoms. The summed E-state index contributed by atoms with van der Waals surface area (Å²) in [4.78, 5) is 14.7. The van der Waals surface area contributed by atoms with Crippen LogP contribution < -0.4 is 10.1 Å². The number of para-hydroxylation sites is 1. The number of nitrogens with one attached hydrogen (secondary N) is 1. The van der Waals surface area contributed by atoms with Gasteiger partial charge in [0.05, 0.1) is 26.3 Å². The topological polar surface area (TPSA) is 76.8 Å². The Bertz CT molecular complexity index is 767. The third-order valence-electron chi connectivity index (χ3n) is 4.82. The summed E-state index contributed by atoms with van der Waals surface area (Å²) in [6, 6.07) is 7.71. The molecule has 7 nitrogen and oxygen atoms in total. The van der Waals surface area contributed by atoms with E-state index >= 15 is 0 Å². The Balaban J connectivity index is 1.62. The molecule has 0 aliphatic carbocycles. The van der Waals surface area contributed by atoms with Gasteiger partial charge in [0, 0.05) is 18.4 Å². The molecule has 1 N–H and O–H groups in total. The van der Waals surface area contributed by atoms with Crippen molar-refractivity contribution in [2.75, 3.05) is 25.1 Å². The number of hydrogen-bond donors (Lipinski definition) is 1. The molecular weight excluding hydrogens is 322 g/mol. The summed E-state index contributed by atoms with van der Waals surface area (Å²) >= 11 is 0. The number of fused-ring (bicyclic) bond motifs is 1. The number of benzene rings is 1. The van der Waals surface area contributed by atoms with E-state index in [1.807, 2.05) is 24.3 Å². The Kier molecular flexibility index (Phi) is 4.09. The van der Waals surface area contributed by atoms with Gasteiger partial charge in [-0.2, -0.15) is 0 Å². The molecule has 1 saturated heterocycles. The standard InChI is InChI=1S/C18H21N3O4/c1-13-15(11-24-20-13)19-17(22)21-10-14-4-2-3-5-16(14)25-18(12-21)6-8-23-9-7-18/h2-5,11H,6-10,12H2,1H3,(H,19,22). The van der Waals surface area contributed by atoms with Gasteiger partial charge in [-0.1, -0.05) is 23.4 Å². The van der Waals surface area contributed by atoms with Crippen molar-refractivity contribution in [2.45, 2.75) is 31.9 Å². The van der Waals surface area contributed by atoms with Gasteiger partial charge in [-0.05, 0) is 13.0 Å². The number of carbonyl (C=O) groups excluding carboxylic acids is 1. The highest BCUT2D eigenvalue weighted by molar-refractivity contribution is 5.89.